The zero-order valence-corrected chi connectivity index (χ0v) is 12.6. The predicted molar refractivity (Wildman–Crippen MR) is 84.1 cm³/mol. The van der Waals surface area contributed by atoms with Gasteiger partial charge in [-0.25, -0.2) is 10.8 Å². The Morgan fingerprint density at radius 3 is 2.55 bits per heavy atom. The molecule has 0 unspecified atom stereocenters. The number of methoxy groups -OCH3 is 2. The van der Waals surface area contributed by atoms with Crippen LogP contribution in [0.2, 0.25) is 0 Å². The van der Waals surface area contributed by atoms with E-state index in [1.807, 2.05) is 37.3 Å². The second kappa shape index (κ2) is 5.53. The van der Waals surface area contributed by atoms with Crippen LogP contribution in [0.1, 0.15) is 5.69 Å². The molecule has 0 aliphatic rings. The van der Waals surface area contributed by atoms with Gasteiger partial charge in [-0.1, -0.05) is 0 Å². The molecule has 1 aromatic carbocycles. The van der Waals surface area contributed by atoms with Crippen molar-refractivity contribution in [2.24, 2.45) is 5.84 Å². The Bertz CT molecular complexity index is 828. The summed E-state index contributed by atoms with van der Waals surface area (Å²) in [5.74, 6) is 7.54. The van der Waals surface area contributed by atoms with Crippen molar-refractivity contribution in [3.63, 3.8) is 0 Å². The molecule has 2 heterocycles. The molecular weight excluding hydrogens is 282 g/mol. The van der Waals surface area contributed by atoms with Crippen molar-refractivity contribution in [2.45, 2.75) is 6.92 Å². The molecule has 7 nitrogen and oxygen atoms in total. The second-order valence-corrected chi connectivity index (χ2v) is 4.80. The number of nitrogens with one attached hydrogen (secondary N) is 1. The zero-order valence-electron chi connectivity index (χ0n) is 12.6. The van der Waals surface area contributed by atoms with Crippen molar-refractivity contribution in [1.82, 2.24) is 14.6 Å². The van der Waals surface area contributed by atoms with E-state index < -0.39 is 0 Å². The van der Waals surface area contributed by atoms with Crippen LogP contribution in [0, 0.1) is 6.92 Å². The minimum absolute atomic E-state index is 0.651. The molecule has 0 aliphatic carbocycles. The summed E-state index contributed by atoms with van der Waals surface area (Å²) >= 11 is 0. The quantitative estimate of drug-likeness (QED) is 0.566. The molecule has 22 heavy (non-hydrogen) atoms. The number of aryl methyl sites for hydroxylation is 1. The standard InChI is InChI=1S/C15H17N5O2/c1-9-6-15(18-16)20-14(17-9)8-11(19-20)10-4-5-12(21-2)13(7-10)22-3/h4-8,18H,16H2,1-3H3. The van der Waals surface area contributed by atoms with Crippen LogP contribution in [0.4, 0.5) is 5.82 Å². The van der Waals surface area contributed by atoms with Gasteiger partial charge < -0.3 is 14.9 Å². The van der Waals surface area contributed by atoms with Crippen molar-refractivity contribution >= 4 is 11.5 Å². The molecule has 0 bridgehead atoms. The summed E-state index contributed by atoms with van der Waals surface area (Å²) in [5, 5.41) is 4.54. The summed E-state index contributed by atoms with van der Waals surface area (Å²) in [4.78, 5) is 4.46. The molecule has 0 saturated heterocycles. The van der Waals surface area contributed by atoms with Crippen LogP contribution < -0.4 is 20.7 Å². The van der Waals surface area contributed by atoms with Crippen LogP contribution in [0.5, 0.6) is 11.5 Å². The number of nitrogens with zero attached hydrogens (tertiary/aromatic N) is 3. The summed E-state index contributed by atoms with van der Waals surface area (Å²) in [5.41, 5.74) is 5.89. The van der Waals surface area contributed by atoms with E-state index in [2.05, 4.69) is 15.5 Å². The SMILES string of the molecule is COc1ccc(-c2cc3nc(C)cc(NN)n3n2)cc1OC. The summed E-state index contributed by atoms with van der Waals surface area (Å²) in [6, 6.07) is 9.38. The van der Waals surface area contributed by atoms with E-state index in [0.29, 0.717) is 17.3 Å². The number of benzene rings is 1. The summed E-state index contributed by atoms with van der Waals surface area (Å²) in [6.45, 7) is 1.91. The van der Waals surface area contributed by atoms with Gasteiger partial charge in [0.25, 0.3) is 0 Å². The van der Waals surface area contributed by atoms with E-state index in [9.17, 15) is 0 Å². The Hall–Kier alpha value is -2.80. The molecule has 3 rings (SSSR count). The topological polar surface area (TPSA) is 86.7 Å². The van der Waals surface area contributed by atoms with Crippen LogP contribution in [-0.2, 0) is 0 Å². The van der Waals surface area contributed by atoms with Crippen molar-refractivity contribution in [3.8, 4) is 22.8 Å². The number of rotatable bonds is 4. The van der Waals surface area contributed by atoms with Crippen LogP contribution >= 0.6 is 0 Å². The lowest BCUT2D eigenvalue weighted by Crippen LogP contribution is -2.12. The van der Waals surface area contributed by atoms with E-state index >= 15 is 0 Å². The number of hydrogen-bond acceptors (Lipinski definition) is 6. The molecule has 0 aliphatic heterocycles. The number of fused-ring (bicyclic) bond motifs is 1. The van der Waals surface area contributed by atoms with Crippen LogP contribution in [0.15, 0.2) is 30.3 Å². The fraction of sp³-hybridized carbons (Fsp3) is 0.200. The molecule has 3 N–H and O–H groups in total. The maximum absolute atomic E-state index is 5.54. The maximum atomic E-state index is 5.54. The highest BCUT2D eigenvalue weighted by molar-refractivity contribution is 5.68. The van der Waals surface area contributed by atoms with Gasteiger partial charge in [-0.05, 0) is 25.1 Å². The highest BCUT2D eigenvalue weighted by atomic mass is 16.5. The summed E-state index contributed by atoms with van der Waals surface area (Å²) in [6.07, 6.45) is 0. The lowest BCUT2D eigenvalue weighted by atomic mass is 10.1. The number of aromatic nitrogens is 3. The van der Waals surface area contributed by atoms with Crippen molar-refractivity contribution in [3.05, 3.63) is 36.0 Å². The van der Waals surface area contributed by atoms with Gasteiger partial charge in [0, 0.05) is 23.4 Å². The molecule has 0 radical (unpaired) electrons. The first-order valence-corrected chi connectivity index (χ1v) is 6.72. The average Bonchev–Trinajstić information content (AvgIpc) is 2.97. The van der Waals surface area contributed by atoms with Gasteiger partial charge in [0.05, 0.1) is 19.9 Å². The van der Waals surface area contributed by atoms with Gasteiger partial charge in [-0.2, -0.15) is 9.61 Å². The van der Waals surface area contributed by atoms with E-state index in [1.54, 1.807) is 18.7 Å². The number of hydrazine groups is 1. The normalized spacial score (nSPS) is 10.7. The Kier molecular flexibility index (Phi) is 3.56. The van der Waals surface area contributed by atoms with Gasteiger partial charge in [0.1, 0.15) is 5.82 Å². The highest BCUT2D eigenvalue weighted by Crippen LogP contribution is 2.32. The minimum Gasteiger partial charge on any atom is -0.493 e. The minimum atomic E-state index is 0.651. The number of anilines is 1. The molecule has 0 spiro atoms. The summed E-state index contributed by atoms with van der Waals surface area (Å²) in [7, 11) is 3.21. The van der Waals surface area contributed by atoms with E-state index in [1.165, 1.54) is 0 Å². The fourth-order valence-corrected chi connectivity index (χ4v) is 2.34. The predicted octanol–water partition coefficient (Wildman–Crippen LogP) is 2.01. The van der Waals surface area contributed by atoms with Crippen molar-refractivity contribution in [1.29, 1.82) is 0 Å². The van der Waals surface area contributed by atoms with Gasteiger partial charge in [0.2, 0.25) is 0 Å². The lowest BCUT2D eigenvalue weighted by molar-refractivity contribution is 0.355. The molecule has 7 heteroatoms. The number of hydrogen-bond donors (Lipinski definition) is 2. The Balaban J connectivity index is 2.14. The first-order chi connectivity index (χ1) is 10.7. The van der Waals surface area contributed by atoms with Crippen LogP contribution in [-0.4, -0.2) is 28.8 Å². The molecule has 114 valence electrons. The van der Waals surface area contributed by atoms with Gasteiger partial charge in [-0.15, -0.1) is 0 Å². The molecule has 0 amide bonds. The Morgan fingerprint density at radius 2 is 1.86 bits per heavy atom. The second-order valence-electron chi connectivity index (χ2n) is 4.80. The number of nitrogen functional groups attached to an aromatic ring is 1. The monoisotopic (exact) mass is 299 g/mol. The first-order valence-electron chi connectivity index (χ1n) is 6.72. The van der Waals surface area contributed by atoms with Crippen molar-refractivity contribution < 1.29 is 9.47 Å². The first kappa shape index (κ1) is 14.2. The van der Waals surface area contributed by atoms with Gasteiger partial charge in [-0.3, -0.25) is 0 Å². The van der Waals surface area contributed by atoms with E-state index in [-0.39, 0.29) is 0 Å². The third-order valence-electron chi connectivity index (χ3n) is 3.38. The molecule has 2 aromatic heterocycles. The van der Waals surface area contributed by atoms with Gasteiger partial charge in [0.15, 0.2) is 17.1 Å². The molecular formula is C15H17N5O2. The average molecular weight is 299 g/mol. The summed E-state index contributed by atoms with van der Waals surface area (Å²) < 4.78 is 12.2. The number of ether oxygens (including phenoxy) is 2. The van der Waals surface area contributed by atoms with Gasteiger partial charge >= 0.3 is 0 Å². The van der Waals surface area contributed by atoms with E-state index in [4.69, 9.17) is 15.3 Å². The lowest BCUT2D eigenvalue weighted by Gasteiger charge is -2.08. The molecule has 3 aromatic rings. The Labute approximate surface area is 127 Å². The fourth-order valence-electron chi connectivity index (χ4n) is 2.34. The van der Waals surface area contributed by atoms with Crippen molar-refractivity contribution in [2.75, 3.05) is 19.6 Å². The largest absolute Gasteiger partial charge is 0.493 e. The molecule has 0 saturated carbocycles. The Morgan fingerprint density at radius 1 is 1.09 bits per heavy atom. The van der Waals surface area contributed by atoms with Crippen LogP contribution in [0.25, 0.3) is 16.9 Å². The molecule has 0 atom stereocenters. The smallest absolute Gasteiger partial charge is 0.161 e. The zero-order chi connectivity index (χ0) is 15.7. The third-order valence-corrected chi connectivity index (χ3v) is 3.38. The number of nitrogens with two attached hydrogens (primary N) is 1. The van der Waals surface area contributed by atoms with Crippen LogP contribution in [0.3, 0.4) is 0 Å². The third kappa shape index (κ3) is 2.31. The van der Waals surface area contributed by atoms with E-state index in [0.717, 1.165) is 22.6 Å². The maximum Gasteiger partial charge on any atom is 0.161 e. The molecule has 0 fully saturated rings. The highest BCUT2D eigenvalue weighted by Gasteiger charge is 2.12.